The largest absolute Gasteiger partial charge is 0.756 e. The van der Waals surface area contributed by atoms with Crippen LogP contribution >= 0.6 is 7.82 Å². The van der Waals surface area contributed by atoms with Gasteiger partial charge in [-0.2, -0.15) is 0 Å². The highest BCUT2D eigenvalue weighted by Gasteiger charge is 2.22. The van der Waals surface area contributed by atoms with Crippen molar-refractivity contribution in [1.82, 2.24) is 0 Å². The summed E-state index contributed by atoms with van der Waals surface area (Å²) in [5.74, 6) is -0.812. The van der Waals surface area contributed by atoms with Crippen LogP contribution in [-0.4, -0.2) is 70.0 Å². The first-order valence-corrected chi connectivity index (χ1v) is 35.8. The van der Waals surface area contributed by atoms with Gasteiger partial charge in [-0.1, -0.05) is 319 Å². The van der Waals surface area contributed by atoms with Crippen molar-refractivity contribution in [3.8, 4) is 0 Å². The molecule has 0 fully saturated rings. The number of allylic oxidation sites excluding steroid dienone is 8. The number of esters is 2. The van der Waals surface area contributed by atoms with Gasteiger partial charge in [0.15, 0.2) is 6.10 Å². The molecular weight excluding hydrogens is 1010 g/mol. The molecule has 0 amide bonds. The predicted molar refractivity (Wildman–Crippen MR) is 342 cm³/mol. The standard InChI is InChI=1S/C70H132NO8P/c1-6-8-10-12-14-16-18-20-22-24-25-26-27-28-29-30-31-32-33-34-35-36-37-38-39-40-41-42-43-44-45-47-49-51-53-55-57-59-61-63-70(73)79-68(67-78-80(74,75)77-65-64-71(3,4)5)66-76-69(72)62-60-58-56-54-52-50-48-46-23-21-19-17-15-13-11-9-7-2/h8,10,14,16,20,22,25-26,68H,6-7,9,11-13,15,17-19,21,23-24,27-67H2,1-5H3/b10-8-,16-14-,22-20-,26-25-. The van der Waals surface area contributed by atoms with E-state index in [4.69, 9.17) is 18.5 Å². The Kier molecular flexibility index (Phi) is 60.0. The highest BCUT2D eigenvalue weighted by Crippen LogP contribution is 2.38. The number of carbonyl (C=O) groups is 2. The van der Waals surface area contributed by atoms with Gasteiger partial charge in [-0.25, -0.2) is 0 Å². The van der Waals surface area contributed by atoms with Crippen molar-refractivity contribution >= 4 is 19.8 Å². The zero-order valence-corrected chi connectivity index (χ0v) is 54.4. The molecule has 0 heterocycles. The number of rotatable bonds is 64. The number of ether oxygens (including phenoxy) is 2. The number of hydrogen-bond donors (Lipinski definition) is 0. The Bertz CT molecular complexity index is 1490. The molecule has 10 heteroatoms. The van der Waals surface area contributed by atoms with Crippen LogP contribution < -0.4 is 4.89 Å². The Labute approximate surface area is 496 Å². The normalized spacial score (nSPS) is 13.4. The molecule has 0 bridgehead atoms. The summed E-state index contributed by atoms with van der Waals surface area (Å²) in [5.41, 5.74) is 0. The minimum absolute atomic E-state index is 0.0272. The van der Waals surface area contributed by atoms with Gasteiger partial charge in [-0.15, -0.1) is 0 Å². The number of nitrogens with zero attached hydrogens (tertiary/aromatic N) is 1. The summed E-state index contributed by atoms with van der Waals surface area (Å²) >= 11 is 0. The maximum atomic E-state index is 12.8. The lowest BCUT2D eigenvalue weighted by atomic mass is 10.0. The quantitative estimate of drug-likeness (QED) is 0.0195. The Balaban J connectivity index is 3.89. The second kappa shape index (κ2) is 61.5. The number of carbonyl (C=O) groups excluding carboxylic acids is 2. The van der Waals surface area contributed by atoms with E-state index in [0.717, 1.165) is 57.8 Å². The lowest BCUT2D eigenvalue weighted by Gasteiger charge is -2.28. The second-order valence-corrected chi connectivity index (χ2v) is 25.9. The molecule has 0 aliphatic carbocycles. The molecular formula is C70H132NO8P. The molecule has 0 radical (unpaired) electrons. The Morgan fingerprint density at radius 1 is 0.400 bits per heavy atom. The van der Waals surface area contributed by atoms with Gasteiger partial charge >= 0.3 is 11.9 Å². The minimum Gasteiger partial charge on any atom is -0.756 e. The van der Waals surface area contributed by atoms with E-state index in [-0.39, 0.29) is 32.0 Å². The van der Waals surface area contributed by atoms with Crippen LogP contribution in [0, 0.1) is 0 Å². The zero-order valence-electron chi connectivity index (χ0n) is 53.5. The van der Waals surface area contributed by atoms with Crippen molar-refractivity contribution in [3.05, 3.63) is 48.6 Å². The maximum absolute atomic E-state index is 12.8. The fraction of sp³-hybridized carbons (Fsp3) is 0.857. The summed E-state index contributed by atoms with van der Waals surface area (Å²) < 4.78 is 34.3. The molecule has 80 heavy (non-hydrogen) atoms. The van der Waals surface area contributed by atoms with E-state index in [1.807, 2.05) is 21.1 Å². The summed E-state index contributed by atoms with van der Waals surface area (Å²) in [7, 11) is 1.19. The number of unbranched alkanes of at least 4 members (excludes halogenated alkanes) is 42. The number of hydrogen-bond acceptors (Lipinski definition) is 8. The van der Waals surface area contributed by atoms with Crippen molar-refractivity contribution < 1.29 is 42.1 Å². The van der Waals surface area contributed by atoms with Gasteiger partial charge in [-0.05, 0) is 51.4 Å². The lowest BCUT2D eigenvalue weighted by Crippen LogP contribution is -2.37. The topological polar surface area (TPSA) is 111 Å². The third-order valence-electron chi connectivity index (χ3n) is 15.4. The zero-order chi connectivity index (χ0) is 58.4. The van der Waals surface area contributed by atoms with Gasteiger partial charge in [0.1, 0.15) is 19.8 Å². The van der Waals surface area contributed by atoms with Crippen LogP contribution in [0.25, 0.3) is 0 Å². The summed E-state index contributed by atoms with van der Waals surface area (Å²) in [6, 6.07) is 0. The highest BCUT2D eigenvalue weighted by atomic mass is 31.2. The van der Waals surface area contributed by atoms with E-state index >= 15 is 0 Å². The van der Waals surface area contributed by atoms with E-state index in [1.54, 1.807) is 0 Å². The van der Waals surface area contributed by atoms with Crippen LogP contribution in [0.3, 0.4) is 0 Å². The molecule has 9 nitrogen and oxygen atoms in total. The first-order chi connectivity index (χ1) is 39.0. The number of phosphoric ester groups is 1. The van der Waals surface area contributed by atoms with E-state index in [0.29, 0.717) is 17.4 Å². The first kappa shape index (κ1) is 78.0. The maximum Gasteiger partial charge on any atom is 0.306 e. The van der Waals surface area contributed by atoms with Crippen molar-refractivity contribution in [2.24, 2.45) is 0 Å². The Morgan fingerprint density at radius 2 is 0.713 bits per heavy atom. The van der Waals surface area contributed by atoms with Crippen LogP contribution in [0.5, 0.6) is 0 Å². The van der Waals surface area contributed by atoms with E-state index < -0.39 is 26.5 Å². The predicted octanol–water partition coefficient (Wildman–Crippen LogP) is 21.4. The second-order valence-electron chi connectivity index (χ2n) is 24.5. The fourth-order valence-electron chi connectivity index (χ4n) is 10.1. The Morgan fingerprint density at radius 3 is 1.06 bits per heavy atom. The van der Waals surface area contributed by atoms with Crippen LogP contribution in [0.15, 0.2) is 48.6 Å². The van der Waals surface area contributed by atoms with Crippen LogP contribution in [0.4, 0.5) is 0 Å². The minimum atomic E-state index is -4.63. The molecule has 0 N–H and O–H groups in total. The Hall–Kier alpha value is -2.03. The summed E-state index contributed by atoms with van der Waals surface area (Å²) in [4.78, 5) is 38.0. The van der Waals surface area contributed by atoms with E-state index in [1.165, 1.54) is 244 Å². The van der Waals surface area contributed by atoms with Crippen molar-refractivity contribution in [2.75, 3.05) is 47.5 Å². The molecule has 2 atom stereocenters. The molecule has 470 valence electrons. The van der Waals surface area contributed by atoms with Gasteiger partial charge in [-0.3, -0.25) is 14.2 Å². The van der Waals surface area contributed by atoms with Crippen molar-refractivity contribution in [1.29, 1.82) is 0 Å². The molecule has 0 aliphatic heterocycles. The van der Waals surface area contributed by atoms with Gasteiger partial charge in [0.05, 0.1) is 27.7 Å². The third kappa shape index (κ3) is 65.1. The fourth-order valence-corrected chi connectivity index (χ4v) is 10.9. The van der Waals surface area contributed by atoms with E-state index in [9.17, 15) is 19.0 Å². The van der Waals surface area contributed by atoms with Crippen LogP contribution in [-0.2, 0) is 32.7 Å². The average molecular weight is 1150 g/mol. The summed E-state index contributed by atoms with van der Waals surface area (Å²) in [6.07, 6.45) is 79.2. The molecule has 0 aromatic heterocycles. The number of likely N-dealkylation sites (N-methyl/N-ethyl adjacent to an activating group) is 1. The summed E-state index contributed by atoms with van der Waals surface area (Å²) in [5, 5.41) is 0. The van der Waals surface area contributed by atoms with E-state index in [2.05, 4.69) is 62.5 Å². The monoisotopic (exact) mass is 1150 g/mol. The molecule has 0 spiro atoms. The average Bonchev–Trinajstić information content (AvgIpc) is 3.42. The lowest BCUT2D eigenvalue weighted by molar-refractivity contribution is -0.870. The first-order valence-electron chi connectivity index (χ1n) is 34.3. The molecule has 0 aliphatic rings. The van der Waals surface area contributed by atoms with Crippen molar-refractivity contribution in [3.63, 3.8) is 0 Å². The van der Waals surface area contributed by atoms with Crippen LogP contribution in [0.2, 0.25) is 0 Å². The molecule has 0 aromatic rings. The van der Waals surface area contributed by atoms with Gasteiger partial charge in [0.2, 0.25) is 0 Å². The molecule has 0 rings (SSSR count). The third-order valence-corrected chi connectivity index (χ3v) is 16.3. The molecule has 2 unspecified atom stereocenters. The van der Waals surface area contributed by atoms with Gasteiger partial charge in [0, 0.05) is 12.8 Å². The molecule has 0 saturated heterocycles. The van der Waals surface area contributed by atoms with Gasteiger partial charge < -0.3 is 27.9 Å². The van der Waals surface area contributed by atoms with Crippen LogP contribution in [0.1, 0.15) is 335 Å². The SMILES string of the molecule is CC/C=C\C/C=C\C/C=C\C/C=C\CCCCCCCCCCCCCCCCCCCCCCCCCCCCC(=O)OC(COC(=O)CCCCCCCCCCCCCCCCCCC)COP(=O)([O-])OCC[N+](C)(C)C. The number of quaternary nitrogens is 1. The molecule has 0 aromatic carbocycles. The summed E-state index contributed by atoms with van der Waals surface area (Å²) in [6.45, 7) is 4.19. The smallest absolute Gasteiger partial charge is 0.306 e. The number of phosphoric acid groups is 1. The molecule has 0 saturated carbocycles. The van der Waals surface area contributed by atoms with Gasteiger partial charge in [0.25, 0.3) is 7.82 Å². The van der Waals surface area contributed by atoms with Crippen molar-refractivity contribution in [2.45, 2.75) is 341 Å². The highest BCUT2D eigenvalue weighted by molar-refractivity contribution is 7.45.